The van der Waals surface area contributed by atoms with E-state index in [9.17, 15) is 4.79 Å². The number of benzene rings is 1. The number of hydrogen-bond donors (Lipinski definition) is 1. The zero-order valence-electron chi connectivity index (χ0n) is 14.6. The van der Waals surface area contributed by atoms with Gasteiger partial charge in [-0.15, -0.1) is 12.4 Å². The first-order chi connectivity index (χ1) is 11.5. The molecule has 2 heterocycles. The molecule has 1 aromatic carbocycles. The standard InChI is InChI=1S/C18H23ClN4O.ClH/c1-12(14-6-4-5-7-17(14)19)23(3)18(24)16-10-20-9-15(16)13-8-21-22(2)11-13;/h4-8,11-12,15-16,20H,9-10H2,1-3H3;1H/t12?,15-,16+;/m1./s1. The van der Waals surface area contributed by atoms with Crippen LogP contribution in [0.15, 0.2) is 36.7 Å². The zero-order chi connectivity index (χ0) is 17.3. The van der Waals surface area contributed by atoms with Crippen LogP contribution in [0.5, 0.6) is 0 Å². The van der Waals surface area contributed by atoms with E-state index in [1.54, 1.807) is 4.68 Å². The SMILES string of the molecule is CC(c1ccccc1Cl)N(C)C(=O)[C@H]1CNC[C@@H]1c1cnn(C)c1.Cl. The Hall–Kier alpha value is -1.56. The maximum Gasteiger partial charge on any atom is 0.227 e. The van der Waals surface area contributed by atoms with Gasteiger partial charge >= 0.3 is 0 Å². The monoisotopic (exact) mass is 382 g/mol. The predicted molar refractivity (Wildman–Crippen MR) is 102 cm³/mol. The van der Waals surface area contributed by atoms with E-state index in [4.69, 9.17) is 11.6 Å². The number of carbonyl (C=O) groups excluding carboxylic acids is 1. The molecule has 1 aromatic heterocycles. The molecule has 5 nitrogen and oxygen atoms in total. The van der Waals surface area contributed by atoms with Crippen LogP contribution in [0.1, 0.15) is 30.0 Å². The summed E-state index contributed by atoms with van der Waals surface area (Å²) in [7, 11) is 3.75. The minimum absolute atomic E-state index is 0. The second kappa shape index (κ2) is 8.21. The number of rotatable bonds is 4. The Balaban J connectivity index is 0.00000225. The highest BCUT2D eigenvalue weighted by Gasteiger charge is 2.37. The summed E-state index contributed by atoms with van der Waals surface area (Å²) in [5, 5.41) is 8.28. The van der Waals surface area contributed by atoms with Crippen molar-refractivity contribution in [1.82, 2.24) is 20.0 Å². The lowest BCUT2D eigenvalue weighted by Gasteiger charge is -2.30. The second-order valence-electron chi connectivity index (χ2n) is 6.47. The molecule has 0 radical (unpaired) electrons. The third-order valence-corrected chi connectivity index (χ3v) is 5.31. The van der Waals surface area contributed by atoms with Gasteiger partial charge in [-0.05, 0) is 24.1 Å². The van der Waals surface area contributed by atoms with Crippen LogP contribution in [-0.2, 0) is 11.8 Å². The molecule has 1 aliphatic heterocycles. The fourth-order valence-corrected chi connectivity index (χ4v) is 3.69. The van der Waals surface area contributed by atoms with Crippen molar-refractivity contribution in [3.8, 4) is 0 Å². The first-order valence-electron chi connectivity index (χ1n) is 8.19. The van der Waals surface area contributed by atoms with Crippen molar-refractivity contribution in [2.24, 2.45) is 13.0 Å². The smallest absolute Gasteiger partial charge is 0.227 e. The third kappa shape index (κ3) is 4.00. The van der Waals surface area contributed by atoms with Crippen LogP contribution >= 0.6 is 24.0 Å². The number of hydrogen-bond acceptors (Lipinski definition) is 3. The van der Waals surface area contributed by atoms with Crippen LogP contribution in [0, 0.1) is 5.92 Å². The Labute approximate surface area is 159 Å². The number of halogens is 2. The Morgan fingerprint density at radius 3 is 2.76 bits per heavy atom. The highest BCUT2D eigenvalue weighted by Crippen LogP contribution is 2.32. The van der Waals surface area contributed by atoms with Crippen molar-refractivity contribution in [3.63, 3.8) is 0 Å². The maximum atomic E-state index is 13.1. The number of amides is 1. The van der Waals surface area contributed by atoms with E-state index in [0.717, 1.165) is 17.7 Å². The zero-order valence-corrected chi connectivity index (χ0v) is 16.2. The average molecular weight is 383 g/mol. The van der Waals surface area contributed by atoms with Gasteiger partial charge in [-0.3, -0.25) is 9.48 Å². The molecule has 3 atom stereocenters. The minimum Gasteiger partial charge on any atom is -0.339 e. The number of carbonyl (C=O) groups is 1. The molecular formula is C18H24Cl2N4O. The molecule has 1 N–H and O–H groups in total. The van der Waals surface area contributed by atoms with Crippen molar-refractivity contribution in [3.05, 3.63) is 52.8 Å². The molecular weight excluding hydrogens is 359 g/mol. The molecule has 1 amide bonds. The van der Waals surface area contributed by atoms with Crippen LogP contribution in [0.4, 0.5) is 0 Å². The summed E-state index contributed by atoms with van der Waals surface area (Å²) in [6, 6.07) is 7.62. The van der Waals surface area contributed by atoms with Gasteiger partial charge in [0.2, 0.25) is 5.91 Å². The normalized spacial score (nSPS) is 20.8. The lowest BCUT2D eigenvalue weighted by Crippen LogP contribution is -2.37. The van der Waals surface area contributed by atoms with Gasteiger partial charge < -0.3 is 10.2 Å². The Morgan fingerprint density at radius 2 is 2.12 bits per heavy atom. The van der Waals surface area contributed by atoms with Gasteiger partial charge in [0.25, 0.3) is 0 Å². The predicted octanol–water partition coefficient (Wildman–Crippen LogP) is 3.02. The fourth-order valence-electron chi connectivity index (χ4n) is 3.40. The summed E-state index contributed by atoms with van der Waals surface area (Å²) in [6.07, 6.45) is 3.85. The highest BCUT2D eigenvalue weighted by molar-refractivity contribution is 6.31. The molecule has 0 saturated carbocycles. The molecule has 0 bridgehead atoms. The summed E-state index contributed by atoms with van der Waals surface area (Å²) in [6.45, 7) is 3.51. The van der Waals surface area contributed by atoms with E-state index < -0.39 is 0 Å². The van der Waals surface area contributed by atoms with E-state index in [1.165, 1.54) is 0 Å². The summed E-state index contributed by atoms with van der Waals surface area (Å²) in [5.74, 6) is 0.220. The Morgan fingerprint density at radius 1 is 1.40 bits per heavy atom. The lowest BCUT2D eigenvalue weighted by atomic mass is 9.89. The van der Waals surface area contributed by atoms with Gasteiger partial charge in [-0.1, -0.05) is 29.8 Å². The molecule has 7 heteroatoms. The molecule has 1 saturated heterocycles. The van der Waals surface area contributed by atoms with Crippen molar-refractivity contribution in [2.75, 3.05) is 20.1 Å². The van der Waals surface area contributed by atoms with E-state index in [2.05, 4.69) is 10.4 Å². The van der Waals surface area contributed by atoms with Crippen LogP contribution in [0.3, 0.4) is 0 Å². The topological polar surface area (TPSA) is 50.2 Å². The molecule has 1 fully saturated rings. The number of aromatic nitrogens is 2. The van der Waals surface area contributed by atoms with Crippen LogP contribution in [-0.4, -0.2) is 40.7 Å². The van der Waals surface area contributed by atoms with Crippen molar-refractivity contribution in [2.45, 2.75) is 18.9 Å². The fraction of sp³-hybridized carbons (Fsp3) is 0.444. The molecule has 0 spiro atoms. The number of nitrogens with zero attached hydrogens (tertiary/aromatic N) is 3. The van der Waals surface area contributed by atoms with Crippen LogP contribution in [0.25, 0.3) is 0 Å². The van der Waals surface area contributed by atoms with Gasteiger partial charge in [-0.2, -0.15) is 5.10 Å². The molecule has 25 heavy (non-hydrogen) atoms. The summed E-state index contributed by atoms with van der Waals surface area (Å²) in [4.78, 5) is 14.9. The molecule has 1 unspecified atom stereocenters. The van der Waals surface area contributed by atoms with Gasteiger partial charge in [0, 0.05) is 44.3 Å². The first-order valence-corrected chi connectivity index (χ1v) is 8.57. The molecule has 1 aliphatic rings. The van der Waals surface area contributed by atoms with E-state index in [0.29, 0.717) is 11.6 Å². The Bertz CT molecular complexity index is 733. The molecule has 0 aliphatic carbocycles. The number of nitrogens with one attached hydrogen (secondary N) is 1. The van der Waals surface area contributed by atoms with Gasteiger partial charge in [0.15, 0.2) is 0 Å². The van der Waals surface area contributed by atoms with E-state index in [-0.39, 0.29) is 36.2 Å². The quantitative estimate of drug-likeness (QED) is 0.883. The molecule has 3 rings (SSSR count). The molecule has 136 valence electrons. The van der Waals surface area contributed by atoms with Crippen molar-refractivity contribution >= 4 is 29.9 Å². The van der Waals surface area contributed by atoms with Gasteiger partial charge in [0.1, 0.15) is 0 Å². The summed E-state index contributed by atoms with van der Waals surface area (Å²) < 4.78 is 1.78. The van der Waals surface area contributed by atoms with Crippen LogP contribution in [0.2, 0.25) is 5.02 Å². The first kappa shape index (κ1) is 19.8. The molecule has 2 aromatic rings. The lowest BCUT2D eigenvalue weighted by molar-refractivity contribution is -0.136. The summed E-state index contributed by atoms with van der Waals surface area (Å²) in [5.41, 5.74) is 2.08. The highest BCUT2D eigenvalue weighted by atomic mass is 35.5. The van der Waals surface area contributed by atoms with Crippen LogP contribution < -0.4 is 5.32 Å². The van der Waals surface area contributed by atoms with E-state index in [1.807, 2.05) is 62.6 Å². The Kier molecular flexibility index (Phi) is 6.49. The van der Waals surface area contributed by atoms with Crippen molar-refractivity contribution in [1.29, 1.82) is 0 Å². The van der Waals surface area contributed by atoms with E-state index >= 15 is 0 Å². The summed E-state index contributed by atoms with van der Waals surface area (Å²) >= 11 is 6.29. The van der Waals surface area contributed by atoms with Gasteiger partial charge in [-0.25, -0.2) is 0 Å². The largest absolute Gasteiger partial charge is 0.339 e. The minimum atomic E-state index is -0.0795. The van der Waals surface area contributed by atoms with Crippen molar-refractivity contribution < 1.29 is 4.79 Å². The average Bonchev–Trinajstić information content (AvgIpc) is 3.21. The number of aryl methyl sites for hydroxylation is 1. The second-order valence-corrected chi connectivity index (χ2v) is 6.87. The third-order valence-electron chi connectivity index (χ3n) is 4.97. The van der Waals surface area contributed by atoms with Gasteiger partial charge in [0.05, 0.1) is 18.2 Å². The maximum absolute atomic E-state index is 13.1.